The summed E-state index contributed by atoms with van der Waals surface area (Å²) in [6, 6.07) is -0.724. The van der Waals surface area contributed by atoms with Crippen LogP contribution in [0.5, 0.6) is 0 Å². The van der Waals surface area contributed by atoms with Gasteiger partial charge < -0.3 is 20.2 Å². The van der Waals surface area contributed by atoms with E-state index < -0.39 is 12.0 Å². The summed E-state index contributed by atoms with van der Waals surface area (Å²) >= 11 is 0. The summed E-state index contributed by atoms with van der Waals surface area (Å²) in [5.41, 5.74) is 0. The summed E-state index contributed by atoms with van der Waals surface area (Å²) in [6.07, 6.45) is 1.39. The zero-order chi connectivity index (χ0) is 16.5. The van der Waals surface area contributed by atoms with Crippen LogP contribution in [0.2, 0.25) is 0 Å². The predicted molar refractivity (Wildman–Crippen MR) is 82.4 cm³/mol. The van der Waals surface area contributed by atoms with Gasteiger partial charge in [-0.1, -0.05) is 13.8 Å². The Morgan fingerprint density at radius 1 is 1.23 bits per heavy atom. The molecule has 0 aromatic heterocycles. The number of nitrogens with one attached hydrogen (secondary N) is 1. The van der Waals surface area contributed by atoms with Gasteiger partial charge in [0.1, 0.15) is 6.04 Å². The number of carboxylic acids is 1. The minimum atomic E-state index is -0.963. The Morgan fingerprint density at radius 2 is 1.91 bits per heavy atom. The fourth-order valence-electron chi connectivity index (χ4n) is 2.67. The van der Waals surface area contributed by atoms with E-state index in [-0.39, 0.29) is 24.7 Å². The molecule has 1 atom stereocenters. The molecule has 1 fully saturated rings. The van der Waals surface area contributed by atoms with Crippen molar-refractivity contribution in [2.24, 2.45) is 0 Å². The van der Waals surface area contributed by atoms with Crippen LogP contribution in [0.1, 0.15) is 39.5 Å². The number of carbonyl (C=O) groups is 3. The molecule has 22 heavy (non-hydrogen) atoms. The van der Waals surface area contributed by atoms with Crippen molar-refractivity contribution >= 4 is 17.8 Å². The molecule has 2 N–H and O–H groups in total. The summed E-state index contributed by atoms with van der Waals surface area (Å²) in [7, 11) is 0. The third-order valence-electron chi connectivity index (χ3n) is 4.07. The standard InChI is InChI=1S/C15H27N3O4/c1-3-17(4-2)11-9-16-13(19)7-8-14(20)18-10-5-6-12(18)15(21)22/h12H,3-11H2,1-2H3,(H,16,19)(H,21,22). The number of likely N-dealkylation sites (N-methyl/N-ethyl adjacent to an activating group) is 1. The number of aliphatic carboxylic acids is 1. The van der Waals surface area contributed by atoms with Gasteiger partial charge in [-0.15, -0.1) is 0 Å². The lowest BCUT2D eigenvalue weighted by atomic mass is 10.2. The molecular formula is C15H27N3O4. The van der Waals surface area contributed by atoms with Gasteiger partial charge in [0.15, 0.2) is 0 Å². The van der Waals surface area contributed by atoms with Crippen LogP contribution in [0.3, 0.4) is 0 Å². The third-order valence-corrected chi connectivity index (χ3v) is 4.07. The van der Waals surface area contributed by atoms with Crippen molar-refractivity contribution in [2.75, 3.05) is 32.7 Å². The summed E-state index contributed by atoms with van der Waals surface area (Å²) in [4.78, 5) is 38.4. The van der Waals surface area contributed by atoms with Crippen LogP contribution in [0.15, 0.2) is 0 Å². The molecule has 1 aliphatic rings. The van der Waals surface area contributed by atoms with Crippen LogP contribution in [0.4, 0.5) is 0 Å². The Labute approximate surface area is 131 Å². The first-order valence-electron chi connectivity index (χ1n) is 8.00. The van der Waals surface area contributed by atoms with Crippen molar-refractivity contribution in [1.82, 2.24) is 15.1 Å². The second-order valence-electron chi connectivity index (χ2n) is 5.46. The average molecular weight is 313 g/mol. The highest BCUT2D eigenvalue weighted by Crippen LogP contribution is 2.18. The minimum absolute atomic E-state index is 0.0703. The van der Waals surface area contributed by atoms with Gasteiger partial charge in [-0.25, -0.2) is 4.79 Å². The normalized spacial score (nSPS) is 17.8. The number of nitrogens with zero attached hydrogens (tertiary/aromatic N) is 2. The monoisotopic (exact) mass is 313 g/mol. The van der Waals surface area contributed by atoms with Gasteiger partial charge in [-0.3, -0.25) is 9.59 Å². The smallest absolute Gasteiger partial charge is 0.326 e. The van der Waals surface area contributed by atoms with Crippen LogP contribution in [-0.4, -0.2) is 71.5 Å². The highest BCUT2D eigenvalue weighted by atomic mass is 16.4. The van der Waals surface area contributed by atoms with Gasteiger partial charge in [0.05, 0.1) is 0 Å². The van der Waals surface area contributed by atoms with Crippen LogP contribution in [-0.2, 0) is 14.4 Å². The second kappa shape index (κ2) is 9.40. The maximum Gasteiger partial charge on any atom is 0.326 e. The second-order valence-corrected chi connectivity index (χ2v) is 5.46. The molecule has 1 heterocycles. The molecule has 7 heteroatoms. The van der Waals surface area contributed by atoms with E-state index in [0.717, 1.165) is 19.6 Å². The van der Waals surface area contributed by atoms with Crippen molar-refractivity contribution in [1.29, 1.82) is 0 Å². The van der Waals surface area contributed by atoms with Crippen LogP contribution >= 0.6 is 0 Å². The van der Waals surface area contributed by atoms with Crippen molar-refractivity contribution < 1.29 is 19.5 Å². The zero-order valence-corrected chi connectivity index (χ0v) is 13.5. The summed E-state index contributed by atoms with van der Waals surface area (Å²) in [5.74, 6) is -1.37. The van der Waals surface area contributed by atoms with Crippen molar-refractivity contribution in [3.63, 3.8) is 0 Å². The van der Waals surface area contributed by atoms with E-state index in [2.05, 4.69) is 24.1 Å². The van der Waals surface area contributed by atoms with E-state index in [1.54, 1.807) is 0 Å². The molecule has 1 aliphatic heterocycles. The van der Waals surface area contributed by atoms with E-state index in [4.69, 9.17) is 5.11 Å². The van der Waals surface area contributed by atoms with Gasteiger partial charge in [-0.2, -0.15) is 0 Å². The number of hydrogen-bond acceptors (Lipinski definition) is 4. The average Bonchev–Trinajstić information content (AvgIpc) is 2.99. The first-order valence-corrected chi connectivity index (χ1v) is 8.00. The fourth-order valence-corrected chi connectivity index (χ4v) is 2.67. The molecule has 0 saturated carbocycles. The number of carboxylic acid groups (broad SMARTS) is 1. The number of hydrogen-bond donors (Lipinski definition) is 2. The fraction of sp³-hybridized carbons (Fsp3) is 0.800. The third kappa shape index (κ3) is 5.63. The largest absolute Gasteiger partial charge is 0.480 e. The topological polar surface area (TPSA) is 90.0 Å². The highest BCUT2D eigenvalue weighted by Gasteiger charge is 2.33. The molecule has 0 aromatic rings. The molecule has 1 rings (SSSR count). The molecule has 0 aliphatic carbocycles. The Kier molecular flexibility index (Phi) is 7.87. The molecule has 7 nitrogen and oxygen atoms in total. The van der Waals surface area contributed by atoms with Gasteiger partial charge >= 0.3 is 5.97 Å². The van der Waals surface area contributed by atoms with E-state index in [1.807, 2.05) is 0 Å². The molecule has 0 bridgehead atoms. The SMILES string of the molecule is CCN(CC)CCNC(=O)CCC(=O)N1CCCC1C(=O)O. The first kappa shape index (κ1) is 18.4. The Hall–Kier alpha value is -1.63. The molecule has 2 amide bonds. The van der Waals surface area contributed by atoms with E-state index in [0.29, 0.717) is 25.9 Å². The lowest BCUT2D eigenvalue weighted by Crippen LogP contribution is -2.41. The van der Waals surface area contributed by atoms with E-state index >= 15 is 0 Å². The Balaban J connectivity index is 2.26. The zero-order valence-electron chi connectivity index (χ0n) is 13.5. The maximum atomic E-state index is 12.0. The number of carbonyl (C=O) groups excluding carboxylic acids is 2. The van der Waals surface area contributed by atoms with Crippen molar-refractivity contribution in [2.45, 2.75) is 45.6 Å². The molecule has 0 spiro atoms. The number of rotatable bonds is 9. The van der Waals surface area contributed by atoms with E-state index in [9.17, 15) is 14.4 Å². The first-order chi connectivity index (χ1) is 10.5. The maximum absolute atomic E-state index is 12.0. The van der Waals surface area contributed by atoms with E-state index in [1.165, 1.54) is 4.90 Å². The number of amides is 2. The molecule has 126 valence electrons. The Bertz CT molecular complexity index is 396. The molecule has 1 unspecified atom stereocenters. The number of likely N-dealkylation sites (tertiary alicyclic amines) is 1. The summed E-state index contributed by atoms with van der Waals surface area (Å²) in [5, 5.41) is 11.8. The molecule has 1 saturated heterocycles. The van der Waals surface area contributed by atoms with Gasteiger partial charge in [0.25, 0.3) is 0 Å². The summed E-state index contributed by atoms with van der Waals surface area (Å²) < 4.78 is 0. The van der Waals surface area contributed by atoms with Gasteiger partial charge in [0.2, 0.25) is 11.8 Å². The lowest BCUT2D eigenvalue weighted by Gasteiger charge is -2.21. The van der Waals surface area contributed by atoms with Gasteiger partial charge in [0, 0.05) is 32.5 Å². The molecule has 0 aromatic carbocycles. The van der Waals surface area contributed by atoms with Crippen LogP contribution in [0.25, 0.3) is 0 Å². The van der Waals surface area contributed by atoms with Crippen LogP contribution in [0, 0.1) is 0 Å². The quantitative estimate of drug-likeness (QED) is 0.639. The minimum Gasteiger partial charge on any atom is -0.480 e. The predicted octanol–water partition coefficient (Wildman–Crippen LogP) is 0.300. The molecule has 0 radical (unpaired) electrons. The highest BCUT2D eigenvalue weighted by molar-refractivity contribution is 5.87. The summed E-state index contributed by atoms with van der Waals surface area (Å²) in [6.45, 7) is 7.85. The Morgan fingerprint density at radius 3 is 2.50 bits per heavy atom. The van der Waals surface area contributed by atoms with Crippen LogP contribution < -0.4 is 5.32 Å². The van der Waals surface area contributed by atoms with Gasteiger partial charge in [-0.05, 0) is 25.9 Å². The molecular weight excluding hydrogens is 286 g/mol. The lowest BCUT2D eigenvalue weighted by molar-refractivity contribution is -0.148. The van der Waals surface area contributed by atoms with Crippen molar-refractivity contribution in [3.8, 4) is 0 Å². The van der Waals surface area contributed by atoms with Crippen molar-refractivity contribution in [3.05, 3.63) is 0 Å².